The van der Waals surface area contributed by atoms with E-state index in [1.54, 1.807) is 19.2 Å². The number of nitrogens with zero attached hydrogens (tertiary/aromatic N) is 1. The molecule has 0 spiro atoms. The van der Waals surface area contributed by atoms with E-state index < -0.39 is 0 Å². The Kier molecular flexibility index (Phi) is 3.34. The maximum atomic E-state index is 12.6. The fourth-order valence-corrected chi connectivity index (χ4v) is 3.56. The van der Waals surface area contributed by atoms with Gasteiger partial charge in [0.25, 0.3) is 5.91 Å². The lowest BCUT2D eigenvalue weighted by Gasteiger charge is -2.22. The molecule has 1 amide bonds. The van der Waals surface area contributed by atoms with E-state index in [0.29, 0.717) is 40.9 Å². The summed E-state index contributed by atoms with van der Waals surface area (Å²) in [6.07, 6.45) is 0. The third-order valence-corrected chi connectivity index (χ3v) is 5.12. The average molecular weight is 289 g/mol. The summed E-state index contributed by atoms with van der Waals surface area (Å²) >= 11 is 0. The third kappa shape index (κ3) is 2.27. The molecule has 2 fully saturated rings. The monoisotopic (exact) mass is 289 g/mol. The number of benzene rings is 1. The molecular formula is C17H23NO3. The summed E-state index contributed by atoms with van der Waals surface area (Å²) in [7, 11) is 1.61. The van der Waals surface area contributed by atoms with Gasteiger partial charge in [-0.1, -0.05) is 13.8 Å². The van der Waals surface area contributed by atoms with Crippen molar-refractivity contribution in [1.29, 1.82) is 0 Å². The number of likely N-dealkylation sites (tertiary alicyclic amines) is 1. The maximum absolute atomic E-state index is 12.6. The number of fused-ring (bicyclic) bond motifs is 1. The second-order valence-corrected chi connectivity index (χ2v) is 6.54. The molecule has 1 heterocycles. The van der Waals surface area contributed by atoms with E-state index in [2.05, 4.69) is 13.8 Å². The topological polar surface area (TPSA) is 38.8 Å². The van der Waals surface area contributed by atoms with Crippen LogP contribution in [-0.2, 0) is 0 Å². The van der Waals surface area contributed by atoms with Crippen molar-refractivity contribution in [1.82, 2.24) is 4.90 Å². The summed E-state index contributed by atoms with van der Waals surface area (Å²) in [5, 5.41) is 0. The molecule has 0 unspecified atom stereocenters. The van der Waals surface area contributed by atoms with Crippen LogP contribution in [0, 0.1) is 17.3 Å². The highest BCUT2D eigenvalue weighted by atomic mass is 16.5. The largest absolute Gasteiger partial charge is 0.493 e. The molecule has 4 nitrogen and oxygen atoms in total. The molecule has 1 aliphatic heterocycles. The minimum absolute atomic E-state index is 0.0987. The maximum Gasteiger partial charge on any atom is 0.254 e. The van der Waals surface area contributed by atoms with Crippen LogP contribution in [0.5, 0.6) is 11.5 Å². The molecule has 0 aromatic heterocycles. The van der Waals surface area contributed by atoms with Crippen LogP contribution in [0.4, 0.5) is 0 Å². The number of piperidine rings is 1. The summed E-state index contributed by atoms with van der Waals surface area (Å²) in [4.78, 5) is 14.6. The molecule has 0 bridgehead atoms. The van der Waals surface area contributed by atoms with Gasteiger partial charge in [-0.25, -0.2) is 0 Å². The zero-order chi connectivity index (χ0) is 15.2. The predicted octanol–water partition coefficient (Wildman–Crippen LogP) is 2.82. The Balaban J connectivity index is 1.75. The lowest BCUT2D eigenvalue weighted by Crippen LogP contribution is -2.32. The Morgan fingerprint density at radius 1 is 1.29 bits per heavy atom. The van der Waals surface area contributed by atoms with Gasteiger partial charge in [0.2, 0.25) is 0 Å². The second kappa shape index (κ2) is 4.93. The van der Waals surface area contributed by atoms with E-state index in [1.165, 1.54) is 0 Å². The number of hydrogen-bond donors (Lipinski definition) is 0. The van der Waals surface area contributed by atoms with Crippen LogP contribution in [0.3, 0.4) is 0 Å². The van der Waals surface area contributed by atoms with Gasteiger partial charge in [-0.3, -0.25) is 4.79 Å². The van der Waals surface area contributed by atoms with E-state index >= 15 is 0 Å². The van der Waals surface area contributed by atoms with Crippen molar-refractivity contribution in [2.45, 2.75) is 20.8 Å². The van der Waals surface area contributed by atoms with Crippen molar-refractivity contribution in [3.63, 3.8) is 0 Å². The van der Waals surface area contributed by atoms with E-state index in [9.17, 15) is 4.79 Å². The normalized spacial score (nSPS) is 25.4. The SMILES string of the molecule is CCOc1cc(C(=O)N2C[C@@H]3[C@@H](C2)C3(C)C)ccc1OC. The standard InChI is InChI=1S/C17H23NO3/c1-5-21-15-8-11(6-7-14(15)20-4)16(19)18-9-12-13(10-18)17(12,2)3/h6-8,12-13H,5,9-10H2,1-4H3/t12-,13-/m1/s1. The molecule has 1 saturated carbocycles. The van der Waals surface area contributed by atoms with Gasteiger partial charge < -0.3 is 14.4 Å². The van der Waals surface area contributed by atoms with Crippen molar-refractivity contribution < 1.29 is 14.3 Å². The van der Waals surface area contributed by atoms with Gasteiger partial charge in [-0.2, -0.15) is 0 Å². The molecule has 1 saturated heterocycles. The average Bonchev–Trinajstić information content (AvgIpc) is 2.83. The molecule has 1 aromatic carbocycles. The highest BCUT2D eigenvalue weighted by Crippen LogP contribution is 2.62. The van der Waals surface area contributed by atoms with Gasteiger partial charge in [-0.15, -0.1) is 0 Å². The zero-order valence-corrected chi connectivity index (χ0v) is 13.2. The fraction of sp³-hybridized carbons (Fsp3) is 0.588. The molecule has 1 aliphatic carbocycles. The van der Waals surface area contributed by atoms with Gasteiger partial charge in [0.1, 0.15) is 0 Å². The van der Waals surface area contributed by atoms with Gasteiger partial charge in [0, 0.05) is 18.7 Å². The van der Waals surface area contributed by atoms with E-state index in [-0.39, 0.29) is 5.91 Å². The predicted molar refractivity (Wildman–Crippen MR) is 80.8 cm³/mol. The van der Waals surface area contributed by atoms with Crippen molar-refractivity contribution >= 4 is 5.91 Å². The second-order valence-electron chi connectivity index (χ2n) is 6.54. The highest BCUT2D eigenvalue weighted by molar-refractivity contribution is 5.95. The number of amides is 1. The quantitative estimate of drug-likeness (QED) is 0.855. The van der Waals surface area contributed by atoms with Crippen molar-refractivity contribution in [3.05, 3.63) is 23.8 Å². The van der Waals surface area contributed by atoms with E-state index in [0.717, 1.165) is 13.1 Å². The van der Waals surface area contributed by atoms with Crippen molar-refractivity contribution in [2.24, 2.45) is 17.3 Å². The summed E-state index contributed by atoms with van der Waals surface area (Å²) < 4.78 is 10.8. The summed E-state index contributed by atoms with van der Waals surface area (Å²) in [6.45, 7) is 8.83. The first-order valence-electron chi connectivity index (χ1n) is 7.59. The number of methoxy groups -OCH3 is 1. The van der Waals surface area contributed by atoms with Crippen LogP contribution in [0.1, 0.15) is 31.1 Å². The summed E-state index contributed by atoms with van der Waals surface area (Å²) in [5.41, 5.74) is 1.10. The number of carbonyl (C=O) groups is 1. The van der Waals surface area contributed by atoms with Gasteiger partial charge in [-0.05, 0) is 42.4 Å². The van der Waals surface area contributed by atoms with Crippen LogP contribution in [-0.4, -0.2) is 37.6 Å². The first-order valence-corrected chi connectivity index (χ1v) is 7.59. The smallest absolute Gasteiger partial charge is 0.254 e. The fourth-order valence-electron chi connectivity index (χ4n) is 3.56. The van der Waals surface area contributed by atoms with Crippen molar-refractivity contribution in [3.8, 4) is 11.5 Å². The molecule has 3 rings (SSSR count). The van der Waals surface area contributed by atoms with E-state index in [4.69, 9.17) is 9.47 Å². The molecule has 2 atom stereocenters. The van der Waals surface area contributed by atoms with Crippen LogP contribution in [0.15, 0.2) is 18.2 Å². The number of ether oxygens (including phenoxy) is 2. The van der Waals surface area contributed by atoms with Crippen molar-refractivity contribution in [2.75, 3.05) is 26.8 Å². The molecule has 114 valence electrons. The molecule has 4 heteroatoms. The van der Waals surface area contributed by atoms with Crippen LogP contribution in [0.2, 0.25) is 0 Å². The lowest BCUT2D eigenvalue weighted by atomic mass is 10.1. The Bertz CT molecular complexity index is 553. The van der Waals surface area contributed by atoms with Gasteiger partial charge >= 0.3 is 0 Å². The van der Waals surface area contributed by atoms with Crippen LogP contribution in [0.25, 0.3) is 0 Å². The minimum atomic E-state index is 0.0987. The minimum Gasteiger partial charge on any atom is -0.493 e. The third-order valence-electron chi connectivity index (χ3n) is 5.12. The Hall–Kier alpha value is -1.71. The Morgan fingerprint density at radius 2 is 1.95 bits per heavy atom. The Morgan fingerprint density at radius 3 is 2.52 bits per heavy atom. The zero-order valence-electron chi connectivity index (χ0n) is 13.2. The summed E-state index contributed by atoms with van der Waals surface area (Å²) in [6, 6.07) is 5.41. The first-order chi connectivity index (χ1) is 9.98. The van der Waals surface area contributed by atoms with Gasteiger partial charge in [0.15, 0.2) is 11.5 Å². The molecule has 2 aliphatic rings. The lowest BCUT2D eigenvalue weighted by molar-refractivity contribution is 0.0757. The molecule has 0 N–H and O–H groups in total. The molecular weight excluding hydrogens is 266 g/mol. The summed E-state index contributed by atoms with van der Waals surface area (Å²) in [5.74, 6) is 2.74. The first kappa shape index (κ1) is 14.2. The molecule has 0 radical (unpaired) electrons. The molecule has 21 heavy (non-hydrogen) atoms. The highest BCUT2D eigenvalue weighted by Gasteiger charge is 2.62. The number of rotatable bonds is 4. The van der Waals surface area contributed by atoms with Crippen LogP contribution < -0.4 is 9.47 Å². The van der Waals surface area contributed by atoms with Crippen LogP contribution >= 0.6 is 0 Å². The van der Waals surface area contributed by atoms with E-state index in [1.807, 2.05) is 17.9 Å². The number of carbonyl (C=O) groups excluding carboxylic acids is 1. The number of hydrogen-bond acceptors (Lipinski definition) is 3. The Labute approximate surface area is 126 Å². The van der Waals surface area contributed by atoms with Gasteiger partial charge in [0.05, 0.1) is 13.7 Å². The molecule has 1 aromatic rings.